The Morgan fingerprint density at radius 3 is 2.69 bits per heavy atom. The summed E-state index contributed by atoms with van der Waals surface area (Å²) < 4.78 is 5.50. The number of carbonyl (C=O) groups is 1. The molecule has 0 radical (unpaired) electrons. The van der Waals surface area contributed by atoms with E-state index in [2.05, 4.69) is 15.9 Å². The molecule has 16 heavy (non-hydrogen) atoms. The number of carbonyl (C=O) groups excluding carboxylic acids is 1. The first-order valence-electron chi connectivity index (χ1n) is 5.06. The summed E-state index contributed by atoms with van der Waals surface area (Å²) >= 11 is 3.19. The number of amides is 1. The van der Waals surface area contributed by atoms with E-state index < -0.39 is 0 Å². The van der Waals surface area contributed by atoms with Crippen molar-refractivity contribution in [2.24, 2.45) is 11.1 Å². The normalized spacial score (nSPS) is 11.6. The van der Waals surface area contributed by atoms with Crippen molar-refractivity contribution in [1.29, 1.82) is 0 Å². The minimum absolute atomic E-state index is 0.0675. The molecule has 0 aliphatic heterocycles. The van der Waals surface area contributed by atoms with Gasteiger partial charge in [0.05, 0.1) is 11.8 Å². The molecule has 0 aliphatic rings. The van der Waals surface area contributed by atoms with E-state index in [9.17, 15) is 4.79 Å². The van der Waals surface area contributed by atoms with Crippen molar-refractivity contribution in [3.05, 3.63) is 22.6 Å². The van der Waals surface area contributed by atoms with Crippen molar-refractivity contribution in [2.45, 2.75) is 13.8 Å². The molecule has 0 unspecified atom stereocenters. The lowest BCUT2D eigenvalue weighted by Crippen LogP contribution is -2.39. The van der Waals surface area contributed by atoms with Crippen LogP contribution in [0.15, 0.2) is 21.4 Å². The summed E-state index contributed by atoms with van der Waals surface area (Å²) in [4.78, 5) is 13.7. The highest BCUT2D eigenvalue weighted by molar-refractivity contribution is 9.10. The van der Waals surface area contributed by atoms with Crippen LogP contribution >= 0.6 is 15.9 Å². The van der Waals surface area contributed by atoms with Crippen LogP contribution in [0, 0.1) is 5.41 Å². The lowest BCUT2D eigenvalue weighted by atomic mass is 9.93. The molecule has 4 nitrogen and oxygen atoms in total. The third-order valence-corrected chi connectivity index (χ3v) is 3.03. The lowest BCUT2D eigenvalue weighted by molar-refractivity contribution is 0.0738. The van der Waals surface area contributed by atoms with Crippen LogP contribution in [0.4, 0.5) is 0 Å². The number of hydrogen-bond acceptors (Lipinski definition) is 3. The Labute approximate surface area is 104 Å². The van der Waals surface area contributed by atoms with Crippen LogP contribution in [0.1, 0.15) is 24.2 Å². The first-order valence-corrected chi connectivity index (χ1v) is 5.85. The van der Waals surface area contributed by atoms with Crippen LogP contribution in [0.3, 0.4) is 0 Å². The van der Waals surface area contributed by atoms with Gasteiger partial charge in [0.2, 0.25) is 0 Å². The van der Waals surface area contributed by atoms with Crippen molar-refractivity contribution in [1.82, 2.24) is 4.90 Å². The van der Waals surface area contributed by atoms with Crippen molar-refractivity contribution >= 4 is 21.8 Å². The number of furan rings is 1. The SMILES string of the molecule is CN(CC(C)(C)CN)C(=O)c1ccoc1Br. The van der Waals surface area contributed by atoms with E-state index in [0.717, 1.165) is 0 Å². The summed E-state index contributed by atoms with van der Waals surface area (Å²) in [6.07, 6.45) is 1.49. The summed E-state index contributed by atoms with van der Waals surface area (Å²) in [5.74, 6) is -0.0675. The van der Waals surface area contributed by atoms with Crippen LogP contribution in [0.5, 0.6) is 0 Å². The smallest absolute Gasteiger partial charge is 0.258 e. The fourth-order valence-electron chi connectivity index (χ4n) is 1.43. The molecule has 1 rings (SSSR count). The molecule has 0 aromatic carbocycles. The van der Waals surface area contributed by atoms with Crippen LogP contribution in [-0.2, 0) is 0 Å². The maximum absolute atomic E-state index is 12.0. The van der Waals surface area contributed by atoms with E-state index in [1.807, 2.05) is 13.8 Å². The molecule has 90 valence electrons. The monoisotopic (exact) mass is 288 g/mol. The van der Waals surface area contributed by atoms with Crippen molar-refractivity contribution in [2.75, 3.05) is 20.1 Å². The number of rotatable bonds is 4. The third kappa shape index (κ3) is 3.09. The fourth-order valence-corrected chi connectivity index (χ4v) is 1.84. The first kappa shape index (κ1) is 13.3. The second kappa shape index (κ2) is 5.01. The van der Waals surface area contributed by atoms with E-state index in [-0.39, 0.29) is 11.3 Å². The minimum Gasteiger partial charge on any atom is -0.457 e. The lowest BCUT2D eigenvalue weighted by Gasteiger charge is -2.28. The zero-order valence-electron chi connectivity index (χ0n) is 9.79. The molecule has 0 atom stereocenters. The van der Waals surface area contributed by atoms with E-state index in [1.54, 1.807) is 18.0 Å². The van der Waals surface area contributed by atoms with E-state index >= 15 is 0 Å². The maximum atomic E-state index is 12.0. The summed E-state index contributed by atoms with van der Waals surface area (Å²) in [7, 11) is 1.76. The number of nitrogens with zero attached hydrogens (tertiary/aromatic N) is 1. The molecule has 0 saturated heterocycles. The Kier molecular flexibility index (Phi) is 4.15. The molecule has 0 bridgehead atoms. The van der Waals surface area contributed by atoms with Gasteiger partial charge in [-0.15, -0.1) is 0 Å². The van der Waals surface area contributed by atoms with Gasteiger partial charge in [-0.2, -0.15) is 0 Å². The Morgan fingerprint density at radius 1 is 1.62 bits per heavy atom. The topological polar surface area (TPSA) is 59.5 Å². The minimum atomic E-state index is -0.0827. The predicted molar refractivity (Wildman–Crippen MR) is 66.2 cm³/mol. The molecule has 0 saturated carbocycles. The molecule has 0 aliphatic carbocycles. The quantitative estimate of drug-likeness (QED) is 0.923. The highest BCUT2D eigenvalue weighted by Gasteiger charge is 2.23. The zero-order chi connectivity index (χ0) is 12.3. The van der Waals surface area contributed by atoms with Crippen LogP contribution in [-0.4, -0.2) is 30.9 Å². The maximum Gasteiger partial charge on any atom is 0.258 e. The number of nitrogens with two attached hydrogens (primary N) is 1. The van der Waals surface area contributed by atoms with Crippen LogP contribution in [0.2, 0.25) is 0 Å². The Bertz CT molecular complexity index is 374. The molecule has 1 aromatic rings. The zero-order valence-corrected chi connectivity index (χ0v) is 11.4. The summed E-state index contributed by atoms with van der Waals surface area (Å²) in [6, 6.07) is 1.65. The number of halogens is 1. The molecule has 5 heteroatoms. The van der Waals surface area contributed by atoms with Gasteiger partial charge in [-0.3, -0.25) is 4.79 Å². The summed E-state index contributed by atoms with van der Waals surface area (Å²) in [6.45, 7) is 5.21. The first-order chi connectivity index (χ1) is 7.37. The second-order valence-electron chi connectivity index (χ2n) is 4.64. The average Bonchev–Trinajstić information content (AvgIpc) is 2.62. The largest absolute Gasteiger partial charge is 0.457 e. The highest BCUT2D eigenvalue weighted by Crippen LogP contribution is 2.21. The molecule has 0 spiro atoms. The predicted octanol–water partition coefficient (Wildman–Crippen LogP) is 2.10. The molecular formula is C11H17BrN2O2. The van der Waals surface area contributed by atoms with Crippen LogP contribution in [0.25, 0.3) is 0 Å². The van der Waals surface area contributed by atoms with Gasteiger partial charge in [0.1, 0.15) is 0 Å². The van der Waals surface area contributed by atoms with Gasteiger partial charge in [0.15, 0.2) is 4.67 Å². The molecule has 0 fully saturated rings. The Balaban J connectivity index is 2.73. The standard InChI is InChI=1S/C11H17BrN2O2/c1-11(2,6-13)7-14(3)10(15)8-4-5-16-9(8)12/h4-5H,6-7,13H2,1-3H3. The summed E-state index contributed by atoms with van der Waals surface area (Å²) in [5, 5.41) is 0. The second-order valence-corrected chi connectivity index (χ2v) is 5.36. The highest BCUT2D eigenvalue weighted by atomic mass is 79.9. The van der Waals surface area contributed by atoms with E-state index in [4.69, 9.17) is 10.2 Å². The van der Waals surface area contributed by atoms with Gasteiger partial charge in [0.25, 0.3) is 5.91 Å². The third-order valence-electron chi connectivity index (χ3n) is 2.41. The van der Waals surface area contributed by atoms with Crippen molar-refractivity contribution in [3.8, 4) is 0 Å². The van der Waals surface area contributed by atoms with E-state index in [0.29, 0.717) is 23.3 Å². The molecule has 1 amide bonds. The average molecular weight is 289 g/mol. The Hall–Kier alpha value is -0.810. The fraction of sp³-hybridized carbons (Fsp3) is 0.545. The van der Waals surface area contributed by atoms with Crippen molar-refractivity contribution in [3.63, 3.8) is 0 Å². The molecular weight excluding hydrogens is 272 g/mol. The Morgan fingerprint density at radius 2 is 2.25 bits per heavy atom. The van der Waals surface area contributed by atoms with E-state index in [1.165, 1.54) is 6.26 Å². The van der Waals surface area contributed by atoms with Gasteiger partial charge >= 0.3 is 0 Å². The molecule has 2 N–H and O–H groups in total. The van der Waals surface area contributed by atoms with Gasteiger partial charge in [-0.1, -0.05) is 13.8 Å². The van der Waals surface area contributed by atoms with Gasteiger partial charge < -0.3 is 15.1 Å². The van der Waals surface area contributed by atoms with Gasteiger partial charge in [0, 0.05) is 13.6 Å². The molecule has 1 heterocycles. The van der Waals surface area contributed by atoms with Gasteiger partial charge in [-0.25, -0.2) is 0 Å². The van der Waals surface area contributed by atoms with Crippen molar-refractivity contribution < 1.29 is 9.21 Å². The summed E-state index contributed by atoms with van der Waals surface area (Å²) in [5.41, 5.74) is 6.09. The van der Waals surface area contributed by atoms with Crippen LogP contribution < -0.4 is 5.73 Å². The number of hydrogen-bond donors (Lipinski definition) is 1. The van der Waals surface area contributed by atoms with Gasteiger partial charge in [-0.05, 0) is 34.0 Å². The molecule has 1 aromatic heterocycles.